The number of hydrogen-bond acceptors (Lipinski definition) is 4. The van der Waals surface area contributed by atoms with Crippen molar-refractivity contribution in [3.05, 3.63) is 25.9 Å². The van der Waals surface area contributed by atoms with Crippen LogP contribution in [0.4, 0.5) is 0 Å². The minimum atomic E-state index is 0.0281. The molecule has 0 radical (unpaired) electrons. The standard InChI is InChI=1S/C12H18IN3O2/c1-3-15-4-5-18-10(6-15)7-16-8-14-9(2)11(13)12(16)17/h8,10H,3-7H2,1-2H3. The number of aromatic nitrogens is 2. The van der Waals surface area contributed by atoms with Crippen LogP contribution >= 0.6 is 22.6 Å². The molecule has 0 aliphatic carbocycles. The van der Waals surface area contributed by atoms with Gasteiger partial charge in [-0.1, -0.05) is 6.92 Å². The van der Waals surface area contributed by atoms with E-state index in [4.69, 9.17) is 4.74 Å². The lowest BCUT2D eigenvalue weighted by atomic mass is 10.2. The molecule has 2 heterocycles. The molecule has 1 fully saturated rings. The number of morpholine rings is 1. The van der Waals surface area contributed by atoms with Crippen LogP contribution in [0, 0.1) is 10.5 Å². The van der Waals surface area contributed by atoms with Crippen LogP contribution in [0.5, 0.6) is 0 Å². The Bertz CT molecular complexity index is 475. The van der Waals surface area contributed by atoms with Gasteiger partial charge in [-0.2, -0.15) is 0 Å². The van der Waals surface area contributed by atoms with E-state index < -0.39 is 0 Å². The number of halogens is 1. The minimum absolute atomic E-state index is 0.0281. The predicted molar refractivity (Wildman–Crippen MR) is 77.8 cm³/mol. The second-order valence-corrected chi connectivity index (χ2v) is 5.57. The first kappa shape index (κ1) is 14.0. The van der Waals surface area contributed by atoms with Gasteiger partial charge in [0.15, 0.2) is 0 Å². The highest BCUT2D eigenvalue weighted by atomic mass is 127. The molecule has 18 heavy (non-hydrogen) atoms. The molecule has 2 rings (SSSR count). The van der Waals surface area contributed by atoms with Crippen molar-refractivity contribution in [3.63, 3.8) is 0 Å². The molecule has 1 atom stereocenters. The molecule has 1 unspecified atom stereocenters. The highest BCUT2D eigenvalue weighted by Crippen LogP contribution is 2.07. The van der Waals surface area contributed by atoms with Gasteiger partial charge in [0.05, 0.1) is 34.8 Å². The maximum Gasteiger partial charge on any atom is 0.267 e. The van der Waals surface area contributed by atoms with Crippen LogP contribution in [-0.4, -0.2) is 46.8 Å². The first-order chi connectivity index (χ1) is 8.61. The summed E-state index contributed by atoms with van der Waals surface area (Å²) in [5.41, 5.74) is 0.817. The zero-order chi connectivity index (χ0) is 13.1. The van der Waals surface area contributed by atoms with Crippen molar-refractivity contribution in [2.24, 2.45) is 0 Å². The summed E-state index contributed by atoms with van der Waals surface area (Å²) in [6, 6.07) is 0. The molecule has 0 spiro atoms. The number of aryl methyl sites for hydroxylation is 1. The zero-order valence-corrected chi connectivity index (χ0v) is 12.9. The van der Waals surface area contributed by atoms with Gasteiger partial charge in [0.25, 0.3) is 5.56 Å². The molecule has 6 heteroatoms. The fourth-order valence-corrected chi connectivity index (χ4v) is 2.52. The minimum Gasteiger partial charge on any atom is -0.374 e. The van der Waals surface area contributed by atoms with Gasteiger partial charge >= 0.3 is 0 Å². The van der Waals surface area contributed by atoms with Crippen LogP contribution in [0.25, 0.3) is 0 Å². The molecule has 1 aliphatic heterocycles. The van der Waals surface area contributed by atoms with Crippen molar-refractivity contribution < 1.29 is 4.74 Å². The summed E-state index contributed by atoms with van der Waals surface area (Å²) in [5.74, 6) is 0. The Morgan fingerprint density at radius 2 is 2.39 bits per heavy atom. The average Bonchev–Trinajstić information content (AvgIpc) is 2.40. The Morgan fingerprint density at radius 3 is 3.11 bits per heavy atom. The summed E-state index contributed by atoms with van der Waals surface area (Å²) in [6.07, 6.45) is 1.70. The lowest BCUT2D eigenvalue weighted by molar-refractivity contribution is -0.0348. The number of nitrogens with zero attached hydrogens (tertiary/aromatic N) is 3. The lowest BCUT2D eigenvalue weighted by Crippen LogP contribution is -2.45. The van der Waals surface area contributed by atoms with Crippen molar-refractivity contribution in [1.82, 2.24) is 14.5 Å². The smallest absolute Gasteiger partial charge is 0.267 e. The van der Waals surface area contributed by atoms with Crippen molar-refractivity contribution >= 4 is 22.6 Å². The second kappa shape index (κ2) is 6.12. The van der Waals surface area contributed by atoms with E-state index in [1.807, 2.05) is 6.92 Å². The number of rotatable bonds is 3. The highest BCUT2D eigenvalue weighted by molar-refractivity contribution is 14.1. The molecule has 0 saturated carbocycles. The molecule has 1 aromatic rings. The van der Waals surface area contributed by atoms with E-state index in [1.54, 1.807) is 10.9 Å². The van der Waals surface area contributed by atoms with Gasteiger partial charge in [-0.15, -0.1) is 0 Å². The van der Waals surface area contributed by atoms with Gasteiger partial charge in [-0.25, -0.2) is 4.98 Å². The van der Waals surface area contributed by atoms with E-state index >= 15 is 0 Å². The monoisotopic (exact) mass is 363 g/mol. The number of hydrogen-bond donors (Lipinski definition) is 0. The van der Waals surface area contributed by atoms with Crippen molar-refractivity contribution in [2.45, 2.75) is 26.5 Å². The Kier molecular flexibility index (Phi) is 4.74. The predicted octanol–water partition coefficient (Wildman–Crippen LogP) is 0.877. The number of likely N-dealkylation sites (N-methyl/N-ethyl adjacent to an activating group) is 1. The molecule has 5 nitrogen and oxygen atoms in total. The van der Waals surface area contributed by atoms with Crippen molar-refractivity contribution in [2.75, 3.05) is 26.2 Å². The normalized spacial score (nSPS) is 21.2. The quantitative estimate of drug-likeness (QED) is 0.749. The Hall–Kier alpha value is -0.470. The summed E-state index contributed by atoms with van der Waals surface area (Å²) in [6.45, 7) is 8.20. The maximum atomic E-state index is 12.1. The van der Waals surface area contributed by atoms with Crippen LogP contribution in [0.2, 0.25) is 0 Å². The van der Waals surface area contributed by atoms with Gasteiger partial charge in [0, 0.05) is 13.1 Å². The molecule has 0 amide bonds. The van der Waals surface area contributed by atoms with Crippen molar-refractivity contribution in [1.29, 1.82) is 0 Å². The van der Waals surface area contributed by atoms with Gasteiger partial charge in [-0.3, -0.25) is 14.3 Å². The van der Waals surface area contributed by atoms with Crippen molar-refractivity contribution in [3.8, 4) is 0 Å². The maximum absolute atomic E-state index is 12.1. The summed E-state index contributed by atoms with van der Waals surface area (Å²) in [5, 5.41) is 0. The van der Waals surface area contributed by atoms with Gasteiger partial charge in [-0.05, 0) is 36.1 Å². The SMILES string of the molecule is CCN1CCOC(Cn2cnc(C)c(I)c2=O)C1. The molecule has 0 aromatic carbocycles. The Morgan fingerprint density at radius 1 is 1.61 bits per heavy atom. The number of ether oxygens (including phenoxy) is 1. The molecular weight excluding hydrogens is 345 g/mol. The first-order valence-corrected chi connectivity index (χ1v) is 7.25. The topological polar surface area (TPSA) is 47.4 Å². The molecule has 1 aromatic heterocycles. The zero-order valence-electron chi connectivity index (χ0n) is 10.7. The van der Waals surface area contributed by atoms with Gasteiger partial charge in [0.1, 0.15) is 0 Å². The van der Waals surface area contributed by atoms with E-state index in [1.165, 1.54) is 0 Å². The van der Waals surface area contributed by atoms with Gasteiger partial charge in [0.2, 0.25) is 0 Å². The largest absolute Gasteiger partial charge is 0.374 e. The summed E-state index contributed by atoms with van der Waals surface area (Å²) >= 11 is 2.05. The Balaban J connectivity index is 2.10. The molecule has 0 N–H and O–H groups in total. The average molecular weight is 363 g/mol. The van der Waals surface area contributed by atoms with Crippen LogP contribution in [-0.2, 0) is 11.3 Å². The van der Waals surface area contributed by atoms with E-state index in [-0.39, 0.29) is 11.7 Å². The summed E-state index contributed by atoms with van der Waals surface area (Å²) in [4.78, 5) is 18.6. The van der Waals surface area contributed by atoms with E-state index in [2.05, 4.69) is 39.4 Å². The third-order valence-electron chi connectivity index (χ3n) is 3.23. The van der Waals surface area contributed by atoms with Crippen LogP contribution < -0.4 is 5.56 Å². The highest BCUT2D eigenvalue weighted by Gasteiger charge is 2.20. The van der Waals surface area contributed by atoms with E-state index in [0.717, 1.165) is 31.9 Å². The molecular formula is C12H18IN3O2. The van der Waals surface area contributed by atoms with Gasteiger partial charge < -0.3 is 4.74 Å². The van der Waals surface area contributed by atoms with E-state index in [0.29, 0.717) is 10.1 Å². The fraction of sp³-hybridized carbons (Fsp3) is 0.667. The molecule has 0 bridgehead atoms. The third-order valence-corrected chi connectivity index (χ3v) is 4.47. The first-order valence-electron chi connectivity index (χ1n) is 6.17. The fourth-order valence-electron chi connectivity index (χ4n) is 2.07. The summed E-state index contributed by atoms with van der Waals surface area (Å²) in [7, 11) is 0. The summed E-state index contributed by atoms with van der Waals surface area (Å²) < 4.78 is 8.05. The van der Waals surface area contributed by atoms with Crippen LogP contribution in [0.1, 0.15) is 12.6 Å². The Labute approximate surface area is 120 Å². The molecule has 100 valence electrons. The lowest BCUT2D eigenvalue weighted by Gasteiger charge is -2.32. The van der Waals surface area contributed by atoms with Crippen LogP contribution in [0.15, 0.2) is 11.1 Å². The third kappa shape index (κ3) is 3.10. The second-order valence-electron chi connectivity index (χ2n) is 4.49. The molecule has 1 saturated heterocycles. The van der Waals surface area contributed by atoms with Crippen LogP contribution in [0.3, 0.4) is 0 Å². The molecule has 1 aliphatic rings. The van der Waals surface area contributed by atoms with E-state index in [9.17, 15) is 4.79 Å².